The van der Waals surface area contributed by atoms with Gasteiger partial charge in [0.1, 0.15) is 5.82 Å². The van der Waals surface area contributed by atoms with Gasteiger partial charge in [0, 0.05) is 25.9 Å². The van der Waals surface area contributed by atoms with Gasteiger partial charge in [-0.25, -0.2) is 14.5 Å². The van der Waals surface area contributed by atoms with Crippen LogP contribution in [0.3, 0.4) is 0 Å². The summed E-state index contributed by atoms with van der Waals surface area (Å²) in [6, 6.07) is 0. The predicted octanol–water partition coefficient (Wildman–Crippen LogP) is 1.38. The number of hydrogen-bond donors (Lipinski definition) is 0. The van der Waals surface area contributed by atoms with Crippen LogP contribution in [0.25, 0.3) is 0 Å². The third-order valence-electron chi connectivity index (χ3n) is 3.19. The van der Waals surface area contributed by atoms with Gasteiger partial charge < -0.3 is 9.30 Å². The minimum absolute atomic E-state index is 0.287. The molecule has 7 nitrogen and oxygen atoms in total. The van der Waals surface area contributed by atoms with Gasteiger partial charge in [0.05, 0.1) is 18.8 Å². The van der Waals surface area contributed by atoms with Gasteiger partial charge in [0.2, 0.25) is 0 Å². The fraction of sp³-hybridized carbons (Fsp3) is 0.571. The maximum atomic E-state index is 11.9. The average molecular weight is 291 g/mol. The molecule has 0 saturated heterocycles. The third-order valence-corrected chi connectivity index (χ3v) is 3.19. The molecule has 2 aromatic heterocycles. The summed E-state index contributed by atoms with van der Waals surface area (Å²) in [6.07, 6.45) is 4.39. The molecule has 0 N–H and O–H groups in total. The lowest BCUT2D eigenvalue weighted by Gasteiger charge is -2.06. The number of esters is 1. The van der Waals surface area contributed by atoms with Crippen molar-refractivity contribution in [3.63, 3.8) is 0 Å². The van der Waals surface area contributed by atoms with Crippen molar-refractivity contribution in [3.8, 4) is 0 Å². The Balaban J connectivity index is 2.00. The van der Waals surface area contributed by atoms with E-state index in [1.807, 2.05) is 38.6 Å². The van der Waals surface area contributed by atoms with Gasteiger partial charge in [0.25, 0.3) is 0 Å². The highest BCUT2D eigenvalue weighted by Crippen LogP contribution is 2.08. The maximum absolute atomic E-state index is 11.9. The zero-order chi connectivity index (χ0) is 15.4. The summed E-state index contributed by atoms with van der Waals surface area (Å²) in [5.41, 5.74) is 1.01. The second-order valence-electron chi connectivity index (χ2n) is 5.44. The van der Waals surface area contributed by atoms with Crippen molar-refractivity contribution in [2.75, 3.05) is 6.61 Å². The van der Waals surface area contributed by atoms with E-state index < -0.39 is 5.97 Å². The Morgan fingerprint density at radius 2 is 2.19 bits per heavy atom. The summed E-state index contributed by atoms with van der Waals surface area (Å²) in [7, 11) is 1.95. The van der Waals surface area contributed by atoms with Gasteiger partial charge >= 0.3 is 5.97 Å². The molecule has 0 atom stereocenters. The van der Waals surface area contributed by atoms with Crippen molar-refractivity contribution >= 4 is 5.97 Å². The molecule has 2 aromatic rings. The number of aromatic nitrogens is 5. The second kappa shape index (κ2) is 6.51. The third kappa shape index (κ3) is 3.68. The molecule has 0 amide bonds. The lowest BCUT2D eigenvalue weighted by atomic mass is 10.2. The SMILES string of the molecule is Cc1c(C(=O)OCC(C)C)nnn1CCc1nccn1C. The Bertz CT molecular complexity index is 615. The molecule has 0 spiro atoms. The molecule has 0 fully saturated rings. The summed E-state index contributed by atoms with van der Waals surface area (Å²) in [5.74, 6) is 0.853. The molecule has 0 aliphatic heterocycles. The van der Waals surface area contributed by atoms with Crippen molar-refractivity contribution in [3.05, 3.63) is 29.6 Å². The number of hydrogen-bond acceptors (Lipinski definition) is 5. The van der Waals surface area contributed by atoms with E-state index in [0.717, 1.165) is 17.9 Å². The monoisotopic (exact) mass is 291 g/mol. The highest BCUT2D eigenvalue weighted by Gasteiger charge is 2.18. The number of imidazole rings is 1. The van der Waals surface area contributed by atoms with Crippen LogP contribution >= 0.6 is 0 Å². The van der Waals surface area contributed by atoms with Crippen LogP contribution in [0.1, 0.15) is 35.9 Å². The van der Waals surface area contributed by atoms with Crippen molar-refractivity contribution in [1.29, 1.82) is 0 Å². The Morgan fingerprint density at radius 1 is 1.43 bits per heavy atom. The van der Waals surface area contributed by atoms with E-state index in [1.165, 1.54) is 0 Å². The molecule has 0 aromatic carbocycles. The molecule has 2 rings (SSSR count). The molecule has 0 aliphatic carbocycles. The zero-order valence-electron chi connectivity index (χ0n) is 12.9. The fourth-order valence-electron chi connectivity index (χ4n) is 1.92. The van der Waals surface area contributed by atoms with E-state index >= 15 is 0 Å². The molecule has 0 aliphatic rings. The van der Waals surface area contributed by atoms with Gasteiger partial charge in [-0.2, -0.15) is 0 Å². The number of aryl methyl sites for hydroxylation is 3. The smallest absolute Gasteiger partial charge is 0.360 e. The number of carbonyl (C=O) groups excluding carboxylic acids is 1. The first kappa shape index (κ1) is 15.2. The number of carbonyl (C=O) groups is 1. The van der Waals surface area contributed by atoms with Crippen LogP contribution in [0.15, 0.2) is 12.4 Å². The standard InChI is InChI=1S/C14H21N5O2/c1-10(2)9-21-14(20)13-11(3)19(17-16-13)7-5-12-15-6-8-18(12)4/h6,8,10H,5,7,9H2,1-4H3. The molecular weight excluding hydrogens is 270 g/mol. The first-order valence-corrected chi connectivity index (χ1v) is 7.02. The maximum Gasteiger partial charge on any atom is 0.360 e. The summed E-state index contributed by atoms with van der Waals surface area (Å²) in [5, 5.41) is 7.95. The van der Waals surface area contributed by atoms with Gasteiger partial charge in [-0.3, -0.25) is 0 Å². The zero-order valence-corrected chi connectivity index (χ0v) is 12.9. The topological polar surface area (TPSA) is 74.8 Å². The Labute approximate surface area is 123 Å². The molecular formula is C14H21N5O2. The molecule has 2 heterocycles. The van der Waals surface area contributed by atoms with Crippen molar-refractivity contribution in [2.24, 2.45) is 13.0 Å². The van der Waals surface area contributed by atoms with Crippen molar-refractivity contribution < 1.29 is 9.53 Å². The van der Waals surface area contributed by atoms with Gasteiger partial charge in [-0.05, 0) is 12.8 Å². The van der Waals surface area contributed by atoms with Gasteiger partial charge in [0.15, 0.2) is 5.69 Å². The number of ether oxygens (including phenoxy) is 1. The van der Waals surface area contributed by atoms with Crippen LogP contribution in [-0.4, -0.2) is 37.1 Å². The predicted molar refractivity (Wildman–Crippen MR) is 76.8 cm³/mol. The number of rotatable bonds is 6. The second-order valence-corrected chi connectivity index (χ2v) is 5.44. The quantitative estimate of drug-likeness (QED) is 0.752. The first-order valence-electron chi connectivity index (χ1n) is 7.02. The molecule has 21 heavy (non-hydrogen) atoms. The van der Waals surface area contributed by atoms with Crippen LogP contribution < -0.4 is 0 Å². The summed E-state index contributed by atoms with van der Waals surface area (Å²) < 4.78 is 8.85. The summed E-state index contributed by atoms with van der Waals surface area (Å²) >= 11 is 0. The van der Waals surface area contributed by atoms with Crippen LogP contribution in [0.5, 0.6) is 0 Å². The van der Waals surface area contributed by atoms with Crippen LogP contribution in [0, 0.1) is 12.8 Å². The Kier molecular flexibility index (Phi) is 4.72. The van der Waals surface area contributed by atoms with Gasteiger partial charge in [-0.1, -0.05) is 19.1 Å². The highest BCUT2D eigenvalue weighted by atomic mass is 16.5. The molecule has 0 radical (unpaired) electrons. The van der Waals surface area contributed by atoms with E-state index in [-0.39, 0.29) is 5.69 Å². The molecule has 0 saturated carbocycles. The van der Waals surface area contributed by atoms with E-state index in [9.17, 15) is 4.79 Å². The van der Waals surface area contributed by atoms with E-state index in [1.54, 1.807) is 10.9 Å². The Morgan fingerprint density at radius 3 is 2.81 bits per heavy atom. The molecule has 0 bridgehead atoms. The first-order chi connectivity index (χ1) is 9.99. The van der Waals surface area contributed by atoms with Crippen molar-refractivity contribution in [2.45, 2.75) is 33.7 Å². The average Bonchev–Trinajstić information content (AvgIpc) is 3.00. The molecule has 114 valence electrons. The normalized spacial score (nSPS) is 11.1. The molecule has 7 heteroatoms. The van der Waals surface area contributed by atoms with E-state index in [4.69, 9.17) is 4.74 Å². The van der Waals surface area contributed by atoms with Gasteiger partial charge in [-0.15, -0.1) is 5.10 Å². The fourth-order valence-corrected chi connectivity index (χ4v) is 1.92. The summed E-state index contributed by atoms with van der Waals surface area (Å²) in [6.45, 7) is 6.82. The Hall–Kier alpha value is -2.18. The van der Waals surface area contributed by atoms with Crippen LogP contribution in [-0.2, 0) is 24.8 Å². The minimum atomic E-state index is -0.413. The lowest BCUT2D eigenvalue weighted by Crippen LogP contribution is -2.13. The number of nitrogens with zero attached hydrogens (tertiary/aromatic N) is 5. The van der Waals surface area contributed by atoms with E-state index in [0.29, 0.717) is 19.1 Å². The lowest BCUT2D eigenvalue weighted by molar-refractivity contribution is 0.0451. The minimum Gasteiger partial charge on any atom is -0.461 e. The largest absolute Gasteiger partial charge is 0.461 e. The molecule has 0 unspecified atom stereocenters. The van der Waals surface area contributed by atoms with Crippen LogP contribution in [0.2, 0.25) is 0 Å². The van der Waals surface area contributed by atoms with Crippen LogP contribution in [0.4, 0.5) is 0 Å². The van der Waals surface area contributed by atoms with E-state index in [2.05, 4.69) is 15.3 Å². The van der Waals surface area contributed by atoms with Crippen molar-refractivity contribution in [1.82, 2.24) is 24.5 Å². The summed E-state index contributed by atoms with van der Waals surface area (Å²) in [4.78, 5) is 16.2. The highest BCUT2D eigenvalue weighted by molar-refractivity contribution is 5.88.